The van der Waals surface area contributed by atoms with Gasteiger partial charge in [0.15, 0.2) is 0 Å². The van der Waals surface area contributed by atoms with E-state index < -0.39 is 40.2 Å². The predicted molar refractivity (Wildman–Crippen MR) is 143 cm³/mol. The van der Waals surface area contributed by atoms with Crippen LogP contribution in [0.5, 0.6) is 0 Å². The summed E-state index contributed by atoms with van der Waals surface area (Å²) in [6, 6.07) is 13.2. The monoisotopic (exact) mass is 606 g/mol. The minimum atomic E-state index is -2.76. The molecule has 0 saturated carbocycles. The summed E-state index contributed by atoms with van der Waals surface area (Å²) < 4.78 is 21.9. The van der Waals surface area contributed by atoms with E-state index in [1.54, 1.807) is 39.9 Å². The Hall–Kier alpha value is -1.94. The number of amides is 3. The Bertz CT molecular complexity index is 1190. The Morgan fingerprint density at radius 3 is 2.46 bits per heavy atom. The van der Waals surface area contributed by atoms with Gasteiger partial charge in [0, 0.05) is 41.6 Å². The van der Waals surface area contributed by atoms with Gasteiger partial charge in [0.2, 0.25) is 0 Å². The number of carbonyl (C=O) groups is 4. The maximum atomic E-state index is 12.4. The smallest absolute Gasteiger partial charge is 0.457 e. The van der Waals surface area contributed by atoms with Gasteiger partial charge in [0.25, 0.3) is 17.7 Å². The molecule has 1 aromatic carbocycles. The number of aromatic nitrogens is 1. The number of imide groups is 1. The number of nitrogens with zero attached hydrogens (tertiary/aromatic N) is 2. The number of pyridine rings is 1. The Morgan fingerprint density at radius 1 is 1.13 bits per heavy atom. The first-order valence-corrected chi connectivity index (χ1v) is 14.9. The van der Waals surface area contributed by atoms with Gasteiger partial charge >= 0.3 is 35.5 Å². The van der Waals surface area contributed by atoms with E-state index in [-0.39, 0.29) is 57.7 Å². The van der Waals surface area contributed by atoms with Crippen molar-refractivity contribution in [1.29, 1.82) is 0 Å². The standard InChI is InChI=1S/C24H26N3O7S3.Na.H2O/c1-16(35-36-20-7-4-6-13-25-20)17-9-11-18(12-10-17)23(30)26-14-5-2-3-8-22(29)34-27-21(28)15-19(24(27)31)37(32)33;;/h4,6-7,9-13,16,19H,2-3,5,8,14-15H2,1H3,(H,26,30);;1H2/q-1;+1;/p+1. The first-order valence-electron chi connectivity index (χ1n) is 11.5. The quantitative estimate of drug-likeness (QED) is 0.0807. The molecule has 0 aliphatic carbocycles. The van der Waals surface area contributed by atoms with Crippen LogP contribution in [0.2, 0.25) is 0 Å². The van der Waals surface area contributed by atoms with Crippen molar-refractivity contribution in [2.75, 3.05) is 6.54 Å². The molecule has 1 fully saturated rings. The molecule has 1 aliphatic heterocycles. The maximum Gasteiger partial charge on any atom is 1.00 e. The first-order chi connectivity index (χ1) is 17.8. The summed E-state index contributed by atoms with van der Waals surface area (Å²) in [5.41, 5.74) is 1.66. The zero-order chi connectivity index (χ0) is 26.8. The number of nitrogens with one attached hydrogen (secondary N) is 1. The summed E-state index contributed by atoms with van der Waals surface area (Å²) in [5, 5.41) is 2.71. The largest absolute Gasteiger partial charge is 1.00 e. The van der Waals surface area contributed by atoms with Gasteiger partial charge in [-0.15, -0.1) is 5.06 Å². The molecule has 15 heteroatoms. The minimum absolute atomic E-state index is 0. The van der Waals surface area contributed by atoms with Crippen LogP contribution in [-0.4, -0.2) is 45.5 Å². The summed E-state index contributed by atoms with van der Waals surface area (Å²) >= 11 is 0. The molecule has 1 aliphatic rings. The van der Waals surface area contributed by atoms with Gasteiger partial charge in [-0.2, -0.15) is 0 Å². The van der Waals surface area contributed by atoms with Gasteiger partial charge in [-0.1, -0.05) is 46.1 Å². The van der Waals surface area contributed by atoms with Crippen molar-refractivity contribution in [3.8, 4) is 0 Å². The molecule has 3 rings (SSSR count). The van der Waals surface area contributed by atoms with Crippen molar-refractivity contribution in [1.82, 2.24) is 15.4 Å². The van der Waals surface area contributed by atoms with Crippen LogP contribution in [0.3, 0.4) is 0 Å². The summed E-state index contributed by atoms with van der Waals surface area (Å²) in [6.07, 6.45) is 2.82. The fraction of sp³-hybridized carbons (Fsp3) is 0.375. The van der Waals surface area contributed by atoms with E-state index >= 15 is 0 Å². The molecule has 39 heavy (non-hydrogen) atoms. The van der Waals surface area contributed by atoms with E-state index in [2.05, 4.69) is 17.2 Å². The number of unbranched alkanes of at least 4 members (excludes halogenated alkanes) is 2. The molecule has 0 spiro atoms. The van der Waals surface area contributed by atoms with Crippen LogP contribution >= 0.6 is 21.6 Å². The Balaban J connectivity index is 0.00000380. The van der Waals surface area contributed by atoms with Gasteiger partial charge in [-0.05, 0) is 60.4 Å². The second-order valence-corrected chi connectivity index (χ2v) is 11.8. The summed E-state index contributed by atoms with van der Waals surface area (Å²) in [4.78, 5) is 56.8. The number of hydroxylamine groups is 2. The molecule has 1 aromatic heterocycles. The molecule has 0 bridgehead atoms. The third-order valence-corrected chi connectivity index (χ3v) is 8.96. The molecule has 2 unspecified atom stereocenters. The SMILES string of the molecule is CC(SSc1ccccn1)c1ccc(C(=O)NCCCCCC(=O)ON2C(=O)CC([S-](=O)=O)C2=O)cc1.[Na+].[OH3+]. The van der Waals surface area contributed by atoms with Crippen LogP contribution in [0.15, 0.2) is 53.7 Å². The molecule has 4 N–H and O–H groups in total. The van der Waals surface area contributed by atoms with Crippen LogP contribution in [0.25, 0.3) is 0 Å². The normalized spacial score (nSPS) is 15.3. The van der Waals surface area contributed by atoms with Crippen molar-refractivity contribution in [2.24, 2.45) is 0 Å². The van der Waals surface area contributed by atoms with E-state index in [0.29, 0.717) is 31.4 Å². The van der Waals surface area contributed by atoms with Crippen LogP contribution in [0.4, 0.5) is 0 Å². The van der Waals surface area contributed by atoms with E-state index in [1.807, 2.05) is 30.3 Å². The van der Waals surface area contributed by atoms with Crippen LogP contribution in [0, 0.1) is 0 Å². The Morgan fingerprint density at radius 2 is 1.85 bits per heavy atom. The molecular weight excluding hydrogens is 577 g/mol. The van der Waals surface area contributed by atoms with Crippen molar-refractivity contribution < 1.29 is 67.5 Å². The van der Waals surface area contributed by atoms with Gasteiger partial charge in [0.1, 0.15) is 5.03 Å². The van der Waals surface area contributed by atoms with E-state index in [4.69, 9.17) is 4.84 Å². The van der Waals surface area contributed by atoms with Gasteiger partial charge in [-0.3, -0.25) is 14.4 Å². The van der Waals surface area contributed by atoms with Crippen molar-refractivity contribution in [3.63, 3.8) is 0 Å². The number of hydrogen-bond donors (Lipinski definition) is 1. The molecule has 1 saturated heterocycles. The number of carbonyl (C=O) groups excluding carboxylic acids is 4. The molecule has 0 radical (unpaired) electrons. The predicted octanol–water partition coefficient (Wildman–Crippen LogP) is -0.150. The van der Waals surface area contributed by atoms with E-state index in [9.17, 15) is 27.6 Å². The van der Waals surface area contributed by atoms with Gasteiger partial charge < -0.3 is 24.0 Å². The molecule has 206 valence electrons. The molecule has 2 aromatic rings. The van der Waals surface area contributed by atoms with E-state index in [1.165, 1.54) is 0 Å². The topological polar surface area (TPSA) is 173 Å². The summed E-state index contributed by atoms with van der Waals surface area (Å²) in [6.45, 7) is 2.51. The molecule has 2 atom stereocenters. The molecular formula is C24H29N3NaO8S3+. The van der Waals surface area contributed by atoms with Crippen molar-refractivity contribution in [3.05, 3.63) is 59.8 Å². The van der Waals surface area contributed by atoms with Crippen molar-refractivity contribution in [2.45, 2.75) is 54.6 Å². The minimum Gasteiger partial charge on any atom is -0.457 e. The Kier molecular flexibility index (Phi) is 15.9. The number of rotatable bonds is 13. The average molecular weight is 607 g/mol. The first kappa shape index (κ1) is 35.1. The third kappa shape index (κ3) is 10.9. The zero-order valence-electron chi connectivity index (χ0n) is 21.6. The van der Waals surface area contributed by atoms with Crippen LogP contribution in [-0.2, 0) is 43.8 Å². The molecule has 11 nitrogen and oxygen atoms in total. The molecule has 3 amide bonds. The number of hydrogen-bond acceptors (Lipinski definition) is 11. The third-order valence-electron chi connectivity index (χ3n) is 5.39. The fourth-order valence-electron chi connectivity index (χ4n) is 3.33. The fourth-order valence-corrected chi connectivity index (χ4v) is 5.98. The maximum absolute atomic E-state index is 12.4. The second-order valence-electron chi connectivity index (χ2n) is 8.12. The average Bonchev–Trinajstić information content (AvgIpc) is 3.18. The van der Waals surface area contributed by atoms with Gasteiger partial charge in [-0.25, -0.2) is 9.78 Å². The molecule has 2 heterocycles. The van der Waals surface area contributed by atoms with Crippen molar-refractivity contribution >= 4 is 56.0 Å². The Labute approximate surface area is 258 Å². The summed E-state index contributed by atoms with van der Waals surface area (Å²) in [7, 11) is 0.538. The van der Waals surface area contributed by atoms with Crippen LogP contribution in [0.1, 0.15) is 60.2 Å². The second kappa shape index (κ2) is 17.7. The van der Waals surface area contributed by atoms with Gasteiger partial charge in [0.05, 0.1) is 0 Å². The van der Waals surface area contributed by atoms with E-state index in [0.717, 1.165) is 10.6 Å². The number of benzene rings is 1. The summed E-state index contributed by atoms with van der Waals surface area (Å²) in [5.74, 6) is -2.90. The zero-order valence-corrected chi connectivity index (χ0v) is 26.0. The van der Waals surface area contributed by atoms with Crippen LogP contribution < -0.4 is 34.9 Å².